The fourth-order valence-electron chi connectivity index (χ4n) is 6.92. The van der Waals surface area contributed by atoms with Crippen LogP contribution in [0.4, 0.5) is 0 Å². The van der Waals surface area contributed by atoms with Gasteiger partial charge in [0.05, 0.1) is 6.26 Å². The van der Waals surface area contributed by atoms with Gasteiger partial charge in [-0.3, -0.25) is 14.4 Å². The molecule has 0 unspecified atom stereocenters. The quantitative estimate of drug-likeness (QED) is 0.0851. The van der Waals surface area contributed by atoms with Gasteiger partial charge in [-0.1, -0.05) is 36.8 Å². The highest BCUT2D eigenvalue weighted by atomic mass is 28.4. The fourth-order valence-corrected chi connectivity index (χ4v) is 8.63. The summed E-state index contributed by atoms with van der Waals surface area (Å²) in [5.41, 5.74) is 4.97. The molecule has 0 N–H and O–H groups in total. The van der Waals surface area contributed by atoms with E-state index in [0.29, 0.717) is 0 Å². The van der Waals surface area contributed by atoms with Crippen LogP contribution in [0.3, 0.4) is 0 Å². The number of fused-ring (bicyclic) bond motifs is 4. The van der Waals surface area contributed by atoms with Crippen LogP contribution in [0.15, 0.2) is 48.3 Å². The molecule has 0 aliphatic heterocycles. The second-order valence-corrected chi connectivity index (χ2v) is 15.7. The summed E-state index contributed by atoms with van der Waals surface area (Å²) in [5.74, 6) is 1.98. The number of carbonyl (C=O) groups is 3. The lowest BCUT2D eigenvalue weighted by Gasteiger charge is -2.35. The van der Waals surface area contributed by atoms with E-state index in [4.69, 9.17) is 13.6 Å². The van der Waals surface area contributed by atoms with Crippen LogP contribution in [-0.2, 0) is 37.4 Å². The molecule has 236 valence electrons. The van der Waals surface area contributed by atoms with E-state index in [1.807, 2.05) is 6.08 Å². The smallest absolute Gasteiger partial charge is 0.338 e. The predicted molar refractivity (Wildman–Crippen MR) is 165 cm³/mol. The first-order chi connectivity index (χ1) is 19.7. The van der Waals surface area contributed by atoms with Crippen LogP contribution in [0.5, 0.6) is 0 Å². The van der Waals surface area contributed by atoms with Gasteiger partial charge in [0, 0.05) is 41.0 Å². The second kappa shape index (κ2) is 15.8. The molecule has 0 aromatic carbocycles. The van der Waals surface area contributed by atoms with E-state index >= 15 is 0 Å². The third kappa shape index (κ3) is 9.51. The maximum Gasteiger partial charge on any atom is 0.338 e. The van der Waals surface area contributed by atoms with Gasteiger partial charge in [-0.05, 0) is 99.7 Å². The van der Waals surface area contributed by atoms with Gasteiger partial charge in [-0.15, -0.1) is 0 Å². The molecule has 0 spiro atoms. The predicted octanol–water partition coefficient (Wildman–Crippen LogP) is 7.17. The summed E-state index contributed by atoms with van der Waals surface area (Å²) in [5, 5.41) is 0. The Morgan fingerprint density at radius 1 is 0.952 bits per heavy atom. The molecule has 4 rings (SSSR count). The van der Waals surface area contributed by atoms with Crippen LogP contribution in [0.2, 0.25) is 12.6 Å². The molecule has 0 amide bonds. The van der Waals surface area contributed by atoms with E-state index in [-0.39, 0.29) is 11.4 Å². The summed E-state index contributed by atoms with van der Waals surface area (Å²) < 4.78 is 25.0. The minimum Gasteiger partial charge on any atom is -0.435 e. The van der Waals surface area contributed by atoms with Crippen molar-refractivity contribution in [1.82, 2.24) is 0 Å². The van der Waals surface area contributed by atoms with Crippen LogP contribution in [0.1, 0.15) is 79.6 Å². The number of esters is 3. The molecular formula is C33H52O8Si. The van der Waals surface area contributed by atoms with Crippen LogP contribution in [0.25, 0.3) is 0 Å². The van der Waals surface area contributed by atoms with Crippen molar-refractivity contribution in [1.29, 1.82) is 0 Å². The molecular weight excluding hydrogens is 552 g/mol. The molecule has 9 heteroatoms. The summed E-state index contributed by atoms with van der Waals surface area (Å²) >= 11 is 0. The Hall–Kier alpha value is -2.49. The zero-order valence-electron chi connectivity index (χ0n) is 27.0. The monoisotopic (exact) mass is 604 g/mol. The van der Waals surface area contributed by atoms with Gasteiger partial charge in [0.15, 0.2) is 0 Å². The van der Waals surface area contributed by atoms with Crippen molar-refractivity contribution < 1.29 is 37.4 Å². The summed E-state index contributed by atoms with van der Waals surface area (Å²) in [4.78, 5) is 31.3. The number of hydrogen-bond donors (Lipinski definition) is 0. The summed E-state index contributed by atoms with van der Waals surface area (Å²) in [6.07, 6.45) is 12.9. The lowest BCUT2D eigenvalue weighted by atomic mass is 9.70. The lowest BCUT2D eigenvalue weighted by molar-refractivity contribution is -0.176. The Kier molecular flexibility index (Phi) is 13.5. The molecule has 3 saturated carbocycles. The van der Waals surface area contributed by atoms with Gasteiger partial charge >= 0.3 is 26.5 Å². The van der Waals surface area contributed by atoms with Gasteiger partial charge < -0.3 is 23.1 Å². The van der Waals surface area contributed by atoms with Gasteiger partial charge in [0.25, 0.3) is 6.29 Å². The third-order valence-electron chi connectivity index (χ3n) is 9.61. The van der Waals surface area contributed by atoms with Crippen molar-refractivity contribution in [3.05, 3.63) is 48.3 Å². The van der Waals surface area contributed by atoms with Crippen molar-refractivity contribution in [3.8, 4) is 0 Å². The maximum atomic E-state index is 10.6. The molecule has 4 bridgehead atoms. The molecule has 0 aromatic heterocycles. The third-order valence-corrected chi connectivity index (χ3v) is 12.4. The summed E-state index contributed by atoms with van der Waals surface area (Å²) in [7, 11) is 1.68. The molecule has 0 saturated heterocycles. The van der Waals surface area contributed by atoms with E-state index in [2.05, 4.69) is 43.0 Å². The zero-order chi connectivity index (χ0) is 31.7. The topological polar surface area (TPSA) is 97.4 Å². The van der Waals surface area contributed by atoms with Crippen molar-refractivity contribution in [3.63, 3.8) is 0 Å². The van der Waals surface area contributed by atoms with E-state index in [9.17, 15) is 14.4 Å². The normalized spacial score (nSPS) is 27.4. The first-order valence-electron chi connectivity index (χ1n) is 15.0. The maximum absolute atomic E-state index is 10.6. The van der Waals surface area contributed by atoms with E-state index in [0.717, 1.165) is 36.1 Å². The largest absolute Gasteiger partial charge is 0.435 e. The lowest BCUT2D eigenvalue weighted by Crippen LogP contribution is -2.37. The number of ether oxygens (including phenoxy) is 3. The minimum atomic E-state index is -1.90. The van der Waals surface area contributed by atoms with Gasteiger partial charge in [-0.25, -0.2) is 0 Å². The van der Waals surface area contributed by atoms with Crippen LogP contribution in [0, 0.1) is 29.1 Å². The Morgan fingerprint density at radius 2 is 1.52 bits per heavy atom. The van der Waals surface area contributed by atoms with Crippen molar-refractivity contribution in [2.24, 2.45) is 29.1 Å². The second-order valence-electron chi connectivity index (χ2n) is 12.3. The Bertz CT molecular complexity index is 1040. The number of carbonyl (C=O) groups excluding carboxylic acids is 3. The van der Waals surface area contributed by atoms with Gasteiger partial charge in [-0.2, -0.15) is 0 Å². The van der Waals surface area contributed by atoms with E-state index in [1.54, 1.807) is 25.4 Å². The Balaban J connectivity index is 0.000000225. The van der Waals surface area contributed by atoms with E-state index < -0.39 is 26.8 Å². The molecule has 8 nitrogen and oxygen atoms in total. The van der Waals surface area contributed by atoms with Crippen molar-refractivity contribution in [2.75, 3.05) is 14.2 Å². The average molecular weight is 605 g/mol. The number of rotatable bonds is 10. The van der Waals surface area contributed by atoms with Gasteiger partial charge in [0.2, 0.25) is 0 Å². The first-order valence-corrected chi connectivity index (χ1v) is 17.5. The summed E-state index contributed by atoms with van der Waals surface area (Å²) in [6.45, 7) is 18.2. The number of hydrogen-bond acceptors (Lipinski definition) is 8. The first kappa shape index (κ1) is 35.7. The fraction of sp³-hybridized carbons (Fsp3) is 0.667. The highest BCUT2D eigenvalue weighted by Crippen LogP contribution is 2.60. The molecule has 42 heavy (non-hydrogen) atoms. The van der Waals surface area contributed by atoms with Crippen LogP contribution >= 0.6 is 0 Å². The molecule has 4 aliphatic carbocycles. The van der Waals surface area contributed by atoms with Crippen molar-refractivity contribution in [2.45, 2.75) is 98.4 Å². The average Bonchev–Trinajstić information content (AvgIpc) is 3.72. The molecule has 4 aliphatic rings. The van der Waals surface area contributed by atoms with Gasteiger partial charge in [0.1, 0.15) is 0 Å². The van der Waals surface area contributed by atoms with Crippen molar-refractivity contribution >= 4 is 26.5 Å². The number of allylic oxidation sites excluding steroid dienone is 4. The van der Waals surface area contributed by atoms with Crippen LogP contribution in [-0.4, -0.2) is 47.0 Å². The van der Waals surface area contributed by atoms with Crippen LogP contribution < -0.4 is 0 Å². The Labute approximate surface area is 253 Å². The minimum absolute atomic E-state index is 0.236. The zero-order valence-corrected chi connectivity index (χ0v) is 28.0. The molecule has 0 heterocycles. The highest BCUT2D eigenvalue weighted by molar-refractivity contribution is 6.66. The molecule has 3 fully saturated rings. The molecule has 5 atom stereocenters. The summed E-state index contributed by atoms with van der Waals surface area (Å²) in [6, 6.07) is 1.08. The standard InChI is InChI=1S/C14H20O2.C12H22O2Si.C7H10O4/c1-10-12-5-6-13(9-12)14(10,3)7-4-8-16-11(2)15;1-9-10-5-6-11(7-10)12(9)8-15(4,13-2)14-3;1-4-7(10-5(2)8)11-6(3)9/h4,8,12-13H,1,5-7,9H2,2-3H3;10-11H,5-8H2,1-4H3;4,7H,1H2,2-3H3/b8-4+;;/t12-,13+,14+;10-,11+;/m10./s1. The van der Waals surface area contributed by atoms with E-state index in [1.165, 1.54) is 77.2 Å². The SMILES string of the molecule is C=C1[C@@H]2CC[C@@H](C2)[C@@]1(C)C/C=C/OC(C)=O.C=CC(OC(C)=O)OC(C)=O.CO[Si](C)(CC1=C(C)[C@H]2CC[C@@H]1C2)OC. The highest BCUT2D eigenvalue weighted by Gasteiger charge is 2.49. The molecule has 0 aromatic rings. The Morgan fingerprint density at radius 3 is 1.95 bits per heavy atom. The molecule has 0 radical (unpaired) electrons.